The lowest BCUT2D eigenvalue weighted by molar-refractivity contribution is 0.0760. The minimum Gasteiger partial charge on any atom is -0.396 e. The second-order valence-electron chi connectivity index (χ2n) is 10.3. The fourth-order valence-electron chi connectivity index (χ4n) is 5.77. The molecule has 9 heteroatoms. The summed E-state index contributed by atoms with van der Waals surface area (Å²) in [5.41, 5.74) is 4.52. The van der Waals surface area contributed by atoms with Crippen LogP contribution in [0, 0.1) is 18.8 Å². The number of rotatable bonds is 9. The van der Waals surface area contributed by atoms with Crippen LogP contribution in [0.4, 0.5) is 10.6 Å². The van der Waals surface area contributed by atoms with E-state index in [9.17, 15) is 9.90 Å². The van der Waals surface area contributed by atoms with E-state index in [1.165, 1.54) is 5.56 Å². The molecule has 4 atom stereocenters. The van der Waals surface area contributed by atoms with E-state index in [2.05, 4.69) is 27.9 Å². The Balaban J connectivity index is 1.42. The van der Waals surface area contributed by atoms with Crippen molar-refractivity contribution in [3.63, 3.8) is 0 Å². The highest BCUT2D eigenvalue weighted by Crippen LogP contribution is 2.42. The van der Waals surface area contributed by atoms with Gasteiger partial charge in [-0.1, -0.05) is 48.5 Å². The summed E-state index contributed by atoms with van der Waals surface area (Å²) in [4.78, 5) is 13.5. The highest BCUT2D eigenvalue weighted by molar-refractivity contribution is 5.91. The van der Waals surface area contributed by atoms with Crippen molar-refractivity contribution in [3.05, 3.63) is 84.2 Å². The van der Waals surface area contributed by atoms with Gasteiger partial charge in [0.25, 0.3) is 0 Å². The maximum absolute atomic E-state index is 13.5. The molecule has 3 N–H and O–H groups in total. The lowest BCUT2D eigenvalue weighted by Crippen LogP contribution is -2.40. The number of nitrogens with one attached hydrogen (secondary N) is 2. The number of carbonyl (C=O) groups is 1. The summed E-state index contributed by atoms with van der Waals surface area (Å²) in [6.07, 6.45) is 5.32. The van der Waals surface area contributed by atoms with Crippen molar-refractivity contribution < 1.29 is 14.6 Å². The zero-order chi connectivity index (χ0) is 27.4. The van der Waals surface area contributed by atoms with Crippen LogP contribution in [0.5, 0.6) is 0 Å². The molecule has 2 aromatic carbocycles. The SMILES string of the molecule is COCC(CO)[C@@H]1C[C@@H](NC(=O)Nc2c(C)c(-c3cnn(C)c3)nn2-c2ccccc2)[C@H](c2ccccc2)C1. The largest absolute Gasteiger partial charge is 0.396 e. The number of ether oxygens (including phenoxy) is 1. The van der Waals surface area contributed by atoms with Crippen LogP contribution in [-0.2, 0) is 11.8 Å². The Morgan fingerprint density at radius 2 is 1.85 bits per heavy atom. The Bertz CT molecular complexity index is 1380. The summed E-state index contributed by atoms with van der Waals surface area (Å²) >= 11 is 0. The van der Waals surface area contributed by atoms with Crippen molar-refractivity contribution in [2.75, 3.05) is 25.6 Å². The highest BCUT2D eigenvalue weighted by Gasteiger charge is 2.39. The van der Waals surface area contributed by atoms with Crippen molar-refractivity contribution >= 4 is 11.8 Å². The van der Waals surface area contributed by atoms with Crippen LogP contribution in [0.1, 0.15) is 29.9 Å². The van der Waals surface area contributed by atoms with E-state index < -0.39 is 0 Å². The van der Waals surface area contributed by atoms with Crippen LogP contribution in [0.2, 0.25) is 0 Å². The molecule has 0 saturated heterocycles. The third-order valence-electron chi connectivity index (χ3n) is 7.76. The van der Waals surface area contributed by atoms with E-state index >= 15 is 0 Å². The van der Waals surface area contributed by atoms with Crippen LogP contribution < -0.4 is 10.6 Å². The van der Waals surface area contributed by atoms with Gasteiger partial charge in [-0.3, -0.25) is 10.00 Å². The molecule has 0 spiro atoms. The van der Waals surface area contributed by atoms with Crippen molar-refractivity contribution in [1.82, 2.24) is 24.9 Å². The molecule has 9 nitrogen and oxygen atoms in total. The summed E-state index contributed by atoms with van der Waals surface area (Å²) in [5, 5.41) is 25.5. The van der Waals surface area contributed by atoms with Gasteiger partial charge in [-0.2, -0.15) is 10.2 Å². The first-order valence-electron chi connectivity index (χ1n) is 13.3. The molecule has 39 heavy (non-hydrogen) atoms. The monoisotopic (exact) mass is 528 g/mol. The quantitative estimate of drug-likeness (QED) is 0.296. The molecule has 4 aromatic rings. The van der Waals surface area contributed by atoms with Crippen LogP contribution in [-0.4, -0.2) is 57.1 Å². The fraction of sp³-hybridized carbons (Fsp3) is 0.367. The van der Waals surface area contributed by atoms with Crippen LogP contribution in [0.3, 0.4) is 0 Å². The molecule has 0 bridgehead atoms. The van der Waals surface area contributed by atoms with E-state index in [-0.39, 0.29) is 36.4 Å². The average molecular weight is 529 g/mol. The Kier molecular flexibility index (Phi) is 8.09. The summed E-state index contributed by atoms with van der Waals surface area (Å²) in [6.45, 7) is 2.51. The topological polar surface area (TPSA) is 106 Å². The Morgan fingerprint density at radius 1 is 1.13 bits per heavy atom. The number of hydrogen-bond donors (Lipinski definition) is 3. The lowest BCUT2D eigenvalue weighted by Gasteiger charge is -2.22. The first-order chi connectivity index (χ1) is 19.0. The predicted molar refractivity (Wildman–Crippen MR) is 151 cm³/mol. The molecule has 1 aliphatic rings. The molecule has 204 valence electrons. The zero-order valence-electron chi connectivity index (χ0n) is 22.6. The second-order valence-corrected chi connectivity index (χ2v) is 10.3. The summed E-state index contributed by atoms with van der Waals surface area (Å²) in [5.74, 6) is 1.01. The van der Waals surface area contributed by atoms with Crippen molar-refractivity contribution in [1.29, 1.82) is 0 Å². The molecule has 2 heterocycles. The number of aromatic nitrogens is 4. The number of urea groups is 1. The zero-order valence-corrected chi connectivity index (χ0v) is 22.6. The van der Waals surface area contributed by atoms with E-state index in [0.29, 0.717) is 12.4 Å². The van der Waals surface area contributed by atoms with Gasteiger partial charge in [-0.05, 0) is 43.4 Å². The Morgan fingerprint density at radius 3 is 2.49 bits per heavy atom. The molecule has 1 unspecified atom stereocenters. The molecule has 5 rings (SSSR count). The predicted octanol–water partition coefficient (Wildman–Crippen LogP) is 4.52. The summed E-state index contributed by atoms with van der Waals surface area (Å²) in [7, 11) is 3.53. The molecular formula is C30H36N6O3. The van der Waals surface area contributed by atoms with Gasteiger partial charge < -0.3 is 15.2 Å². The summed E-state index contributed by atoms with van der Waals surface area (Å²) < 4.78 is 8.88. The Labute approximate surface area is 228 Å². The third kappa shape index (κ3) is 5.74. The molecule has 1 aliphatic carbocycles. The number of aliphatic hydroxyl groups excluding tert-OH is 1. The van der Waals surface area contributed by atoms with Crippen molar-refractivity contribution in [2.45, 2.75) is 31.7 Å². The number of aryl methyl sites for hydroxylation is 1. The lowest BCUT2D eigenvalue weighted by atomic mass is 9.89. The first-order valence-corrected chi connectivity index (χ1v) is 13.3. The Hall–Kier alpha value is -3.95. The van der Waals surface area contributed by atoms with E-state index in [1.54, 1.807) is 22.7 Å². The van der Waals surface area contributed by atoms with Gasteiger partial charge in [0.1, 0.15) is 11.5 Å². The maximum atomic E-state index is 13.5. The molecule has 2 amide bonds. The number of amides is 2. The number of nitrogens with zero attached hydrogens (tertiary/aromatic N) is 4. The van der Waals surface area contributed by atoms with E-state index in [4.69, 9.17) is 9.84 Å². The smallest absolute Gasteiger partial charge is 0.320 e. The summed E-state index contributed by atoms with van der Waals surface area (Å²) in [6, 6.07) is 19.7. The molecule has 1 saturated carbocycles. The van der Waals surface area contributed by atoms with Crippen molar-refractivity contribution in [3.8, 4) is 16.9 Å². The van der Waals surface area contributed by atoms with Gasteiger partial charge in [0.2, 0.25) is 0 Å². The number of hydrogen-bond acceptors (Lipinski definition) is 5. The average Bonchev–Trinajstić information content (AvgIpc) is 3.66. The number of methoxy groups -OCH3 is 1. The fourth-order valence-corrected chi connectivity index (χ4v) is 5.77. The molecular weight excluding hydrogens is 492 g/mol. The van der Waals surface area contributed by atoms with Gasteiger partial charge >= 0.3 is 6.03 Å². The van der Waals surface area contributed by atoms with E-state index in [0.717, 1.165) is 35.3 Å². The van der Waals surface area contributed by atoms with Gasteiger partial charge in [-0.25, -0.2) is 9.48 Å². The minimum atomic E-state index is -0.285. The maximum Gasteiger partial charge on any atom is 0.320 e. The first kappa shape index (κ1) is 26.6. The molecule has 0 aliphatic heterocycles. The number of benzene rings is 2. The molecule has 1 fully saturated rings. The third-order valence-corrected chi connectivity index (χ3v) is 7.76. The van der Waals surface area contributed by atoms with Crippen molar-refractivity contribution in [2.24, 2.45) is 18.9 Å². The van der Waals surface area contributed by atoms with Crippen LogP contribution in [0.25, 0.3) is 16.9 Å². The van der Waals surface area contributed by atoms with Crippen LogP contribution >= 0.6 is 0 Å². The van der Waals surface area contributed by atoms with Gasteiger partial charge in [0.15, 0.2) is 0 Å². The highest BCUT2D eigenvalue weighted by atomic mass is 16.5. The second kappa shape index (κ2) is 11.8. The molecule has 0 radical (unpaired) electrons. The van der Waals surface area contributed by atoms with E-state index in [1.807, 2.05) is 68.7 Å². The van der Waals surface area contributed by atoms with Gasteiger partial charge in [0.05, 0.1) is 18.5 Å². The van der Waals surface area contributed by atoms with Gasteiger partial charge in [-0.15, -0.1) is 0 Å². The number of anilines is 1. The van der Waals surface area contributed by atoms with Gasteiger partial charge in [0, 0.05) is 56.0 Å². The minimum absolute atomic E-state index is 0.0277. The van der Waals surface area contributed by atoms with Crippen LogP contribution in [0.15, 0.2) is 73.1 Å². The number of para-hydroxylation sites is 1. The standard InChI is InChI=1S/C30H36N6O3/c1-20-28(23-16-31-35(2)17-23)34-36(25-12-8-5-9-13-25)29(20)33-30(38)32-27-15-22(24(18-37)19-39-3)14-26(27)21-10-6-4-7-11-21/h4-13,16-17,22,24,26-27,37H,14-15,18-19H2,1-3H3,(H2,32,33,38)/t22-,24?,26-,27+/m0/s1. The molecule has 2 aromatic heterocycles. The number of carbonyl (C=O) groups excluding carboxylic acids is 1. The normalized spacial score (nSPS) is 19.6. The number of aliphatic hydroxyl groups is 1.